The van der Waals surface area contributed by atoms with Crippen LogP contribution in [0.1, 0.15) is 5.56 Å². The van der Waals surface area contributed by atoms with Gasteiger partial charge in [0.25, 0.3) is 0 Å². The van der Waals surface area contributed by atoms with Crippen molar-refractivity contribution in [1.29, 1.82) is 0 Å². The van der Waals surface area contributed by atoms with Crippen LogP contribution in [0.5, 0.6) is 0 Å². The van der Waals surface area contributed by atoms with Crippen LogP contribution in [-0.4, -0.2) is 53.0 Å². The smallest absolute Gasteiger partial charge is 0.202 e. The van der Waals surface area contributed by atoms with E-state index in [4.69, 9.17) is 0 Å². The van der Waals surface area contributed by atoms with Crippen LogP contribution in [0.25, 0.3) is 11.2 Å². The molecule has 3 aromatic rings. The summed E-state index contributed by atoms with van der Waals surface area (Å²) in [5.74, 6) is 0.582. The number of nitrogens with one attached hydrogen (secondary N) is 3. The first-order valence-electron chi connectivity index (χ1n) is 7.87. The van der Waals surface area contributed by atoms with Gasteiger partial charge in [-0.3, -0.25) is 10.7 Å². The number of rotatable bonds is 6. The van der Waals surface area contributed by atoms with E-state index in [1.54, 1.807) is 24.4 Å². The van der Waals surface area contributed by atoms with E-state index in [2.05, 4.69) is 46.7 Å². The molecular formula is C16H17BrN6O3S. The van der Waals surface area contributed by atoms with Gasteiger partial charge < -0.3 is 10.3 Å². The van der Waals surface area contributed by atoms with E-state index in [1.807, 2.05) is 12.1 Å². The number of aromatic nitrogens is 3. The van der Waals surface area contributed by atoms with E-state index in [9.17, 15) is 13.6 Å². The number of anilines is 1. The molecular weight excluding hydrogens is 436 g/mol. The van der Waals surface area contributed by atoms with Crippen molar-refractivity contribution >= 4 is 54.4 Å². The largest absolute Gasteiger partial charge is 0.355 e. The zero-order chi connectivity index (χ0) is 19.4. The Balaban J connectivity index is 1.93. The summed E-state index contributed by atoms with van der Waals surface area (Å²) in [6, 6.07) is 8.99. The van der Waals surface area contributed by atoms with Gasteiger partial charge >= 0.3 is 0 Å². The summed E-state index contributed by atoms with van der Waals surface area (Å²) in [5.41, 5.74) is 4.27. The first-order valence-corrected chi connectivity index (χ1v) is 10.7. The minimum absolute atomic E-state index is 0.0158. The molecule has 0 aliphatic rings. The lowest BCUT2D eigenvalue weighted by atomic mass is 10.2. The van der Waals surface area contributed by atoms with Gasteiger partial charge in [-0.2, -0.15) is 4.98 Å². The van der Waals surface area contributed by atoms with Gasteiger partial charge in [0.15, 0.2) is 11.5 Å². The van der Waals surface area contributed by atoms with Crippen molar-refractivity contribution in [2.45, 2.75) is 0 Å². The molecule has 142 valence electrons. The lowest BCUT2D eigenvalue weighted by molar-refractivity contribution is 0.235. The molecule has 11 heteroatoms. The first-order chi connectivity index (χ1) is 12.9. The van der Waals surface area contributed by atoms with Crippen LogP contribution >= 0.6 is 15.9 Å². The summed E-state index contributed by atoms with van der Waals surface area (Å²) in [5, 5.41) is 12.5. The number of hydrogen-bond acceptors (Lipinski definition) is 7. The third kappa shape index (κ3) is 5.02. The van der Waals surface area contributed by atoms with Gasteiger partial charge in [-0.25, -0.2) is 18.4 Å². The van der Waals surface area contributed by atoms with Gasteiger partial charge in [-0.15, -0.1) is 0 Å². The second-order valence-electron chi connectivity index (χ2n) is 5.75. The Kier molecular flexibility index (Phi) is 5.73. The summed E-state index contributed by atoms with van der Waals surface area (Å²) < 4.78 is 23.3. The molecule has 0 aliphatic carbocycles. The second kappa shape index (κ2) is 8.03. The van der Waals surface area contributed by atoms with Crippen molar-refractivity contribution in [3.8, 4) is 0 Å². The number of halogens is 1. The van der Waals surface area contributed by atoms with E-state index < -0.39 is 9.84 Å². The van der Waals surface area contributed by atoms with Gasteiger partial charge in [0, 0.05) is 29.0 Å². The number of benzene rings is 1. The van der Waals surface area contributed by atoms with Crippen LogP contribution in [0, 0.1) is 0 Å². The molecule has 0 fully saturated rings. The van der Waals surface area contributed by atoms with E-state index in [0.29, 0.717) is 28.4 Å². The molecule has 0 radical (unpaired) electrons. The predicted octanol–water partition coefficient (Wildman–Crippen LogP) is 2.23. The van der Waals surface area contributed by atoms with Crippen LogP contribution in [0.2, 0.25) is 0 Å². The van der Waals surface area contributed by atoms with Crippen LogP contribution in [0.4, 0.5) is 11.6 Å². The number of imidazole rings is 1. The maximum atomic E-state index is 11.2. The molecule has 2 aromatic heterocycles. The Morgan fingerprint density at radius 3 is 2.89 bits per heavy atom. The quantitative estimate of drug-likeness (QED) is 0.256. The topological polar surface area (TPSA) is 132 Å². The first kappa shape index (κ1) is 19.3. The molecule has 0 atom stereocenters. The molecule has 3 rings (SSSR count). The normalized spacial score (nSPS) is 12.3. The Morgan fingerprint density at radius 1 is 1.37 bits per heavy atom. The summed E-state index contributed by atoms with van der Waals surface area (Å²) in [7, 11) is -3.07. The summed E-state index contributed by atoms with van der Waals surface area (Å²) >= 11 is 3.38. The highest BCUT2D eigenvalue weighted by Gasteiger charge is 2.13. The van der Waals surface area contributed by atoms with E-state index >= 15 is 0 Å². The fourth-order valence-electron chi connectivity index (χ4n) is 2.37. The Bertz CT molecular complexity index is 1100. The van der Waals surface area contributed by atoms with E-state index in [-0.39, 0.29) is 18.1 Å². The second-order valence-corrected chi connectivity index (χ2v) is 8.93. The number of hydrogen-bond donors (Lipinski definition) is 4. The lowest BCUT2D eigenvalue weighted by Crippen LogP contribution is -2.20. The van der Waals surface area contributed by atoms with Crippen LogP contribution < -0.4 is 10.8 Å². The minimum atomic E-state index is -3.07. The number of aromatic amines is 1. The number of fused-ring (bicyclic) bond motifs is 1. The monoisotopic (exact) mass is 452 g/mol. The molecule has 4 N–H and O–H groups in total. The fraction of sp³-hybridized carbons (Fsp3) is 0.188. The molecule has 9 nitrogen and oxygen atoms in total. The van der Waals surface area contributed by atoms with Crippen molar-refractivity contribution < 1.29 is 13.6 Å². The molecule has 1 aromatic carbocycles. The highest BCUT2D eigenvalue weighted by molar-refractivity contribution is 9.10. The molecule has 0 unspecified atom stereocenters. The summed E-state index contributed by atoms with van der Waals surface area (Å²) in [6.45, 7) is 0.214. The van der Waals surface area contributed by atoms with Crippen molar-refractivity contribution in [3.05, 3.63) is 46.6 Å². The Labute approximate surface area is 164 Å². The molecule has 0 amide bonds. The van der Waals surface area contributed by atoms with Gasteiger partial charge in [0.1, 0.15) is 9.84 Å². The van der Waals surface area contributed by atoms with Crippen LogP contribution in [0.15, 0.2) is 46.0 Å². The number of hydroxylamine groups is 1. The highest BCUT2D eigenvalue weighted by atomic mass is 79.9. The molecule has 2 heterocycles. The molecule has 0 aliphatic heterocycles. The van der Waals surface area contributed by atoms with Gasteiger partial charge in [-0.05, 0) is 24.3 Å². The number of pyridine rings is 1. The number of sulfone groups is 1. The third-order valence-corrected chi connectivity index (χ3v) is 5.01. The number of nitrogens with zero attached hydrogens (tertiary/aromatic N) is 3. The maximum Gasteiger partial charge on any atom is 0.202 e. The van der Waals surface area contributed by atoms with Crippen LogP contribution in [0.3, 0.4) is 0 Å². The number of H-pyrrole nitrogens is 1. The zero-order valence-electron chi connectivity index (χ0n) is 14.3. The van der Waals surface area contributed by atoms with E-state index in [0.717, 1.165) is 4.47 Å². The zero-order valence-corrected chi connectivity index (χ0v) is 16.7. The van der Waals surface area contributed by atoms with E-state index in [1.165, 1.54) is 6.26 Å². The molecule has 0 spiro atoms. The molecule has 0 saturated heterocycles. The molecule has 0 bridgehead atoms. The average molecular weight is 453 g/mol. The summed E-state index contributed by atoms with van der Waals surface area (Å²) in [6.07, 6.45) is 2.72. The van der Waals surface area contributed by atoms with Crippen molar-refractivity contribution in [1.82, 2.24) is 20.4 Å². The Hall–Kier alpha value is -2.50. The van der Waals surface area contributed by atoms with Crippen molar-refractivity contribution in [2.75, 3.05) is 23.9 Å². The van der Waals surface area contributed by atoms with Gasteiger partial charge in [0.05, 0.1) is 17.0 Å². The standard InChI is InChI=1S/C16H17BrN6O3S/c1-27(25,26)8-7-19-16-21-13-12(5-6-18-15(13)22-16)14(23-24)20-11-4-2-3-10(17)9-11/h2-6,9,24H,7-8H2,1H3,(H,20,23)(H2,18,19,21,22). The lowest BCUT2D eigenvalue weighted by Gasteiger charge is -2.06. The molecule has 0 saturated carbocycles. The van der Waals surface area contributed by atoms with Gasteiger partial charge in [0.2, 0.25) is 5.95 Å². The third-order valence-electron chi connectivity index (χ3n) is 3.57. The fourth-order valence-corrected chi connectivity index (χ4v) is 3.23. The minimum Gasteiger partial charge on any atom is -0.355 e. The highest BCUT2D eigenvalue weighted by Crippen LogP contribution is 2.21. The SMILES string of the molecule is CS(=O)(=O)CCNc1nc2nccc(C(=Nc3cccc(Br)c3)NO)c2[nH]1. The van der Waals surface area contributed by atoms with Gasteiger partial charge in [-0.1, -0.05) is 22.0 Å². The van der Waals surface area contributed by atoms with Crippen molar-refractivity contribution in [2.24, 2.45) is 4.99 Å². The Morgan fingerprint density at radius 2 is 2.19 bits per heavy atom. The summed E-state index contributed by atoms with van der Waals surface area (Å²) in [4.78, 5) is 15.9. The van der Waals surface area contributed by atoms with Crippen molar-refractivity contribution in [3.63, 3.8) is 0 Å². The molecule has 27 heavy (non-hydrogen) atoms. The average Bonchev–Trinajstić information content (AvgIpc) is 3.01. The predicted molar refractivity (Wildman–Crippen MR) is 107 cm³/mol. The number of amidine groups is 1. The number of aliphatic imine (C=N–C) groups is 1. The maximum absolute atomic E-state index is 11.2. The van der Waals surface area contributed by atoms with Crippen LogP contribution in [-0.2, 0) is 9.84 Å².